The number of methoxy groups -OCH3 is 2. The van der Waals surface area contributed by atoms with Gasteiger partial charge >= 0.3 is 0 Å². The first kappa shape index (κ1) is 22.2. The lowest BCUT2D eigenvalue weighted by Gasteiger charge is -2.14. The molecule has 0 atom stereocenters. The van der Waals surface area contributed by atoms with Gasteiger partial charge in [-0.2, -0.15) is 0 Å². The van der Waals surface area contributed by atoms with E-state index in [0.717, 1.165) is 11.8 Å². The number of nitrogens with one attached hydrogen (secondary N) is 1. The number of ether oxygens (including phenoxy) is 2. The molecular weight excluding hydrogens is 470 g/mol. The molecule has 0 radical (unpaired) electrons. The molecule has 0 fully saturated rings. The van der Waals surface area contributed by atoms with Gasteiger partial charge in [-0.05, 0) is 35.7 Å². The second-order valence-corrected chi connectivity index (χ2v) is 8.79. The van der Waals surface area contributed by atoms with Gasteiger partial charge < -0.3 is 14.8 Å². The molecule has 4 rings (SSSR count). The molecule has 0 saturated carbocycles. The van der Waals surface area contributed by atoms with Crippen LogP contribution in [0.3, 0.4) is 0 Å². The lowest BCUT2D eigenvalue weighted by atomic mass is 10.2. The van der Waals surface area contributed by atoms with Crippen LogP contribution in [0.25, 0.3) is 15.9 Å². The number of thioether (sulfide) groups is 1. The van der Waals surface area contributed by atoms with Crippen molar-refractivity contribution < 1.29 is 14.3 Å². The zero-order valence-corrected chi connectivity index (χ0v) is 19.5. The second kappa shape index (κ2) is 9.64. The predicted octanol–water partition coefficient (Wildman–Crippen LogP) is 4.85. The zero-order chi connectivity index (χ0) is 22.7. The quantitative estimate of drug-likeness (QED) is 0.296. The topological polar surface area (TPSA) is 82.5 Å². The molecule has 2 aromatic heterocycles. The van der Waals surface area contributed by atoms with Crippen molar-refractivity contribution in [2.45, 2.75) is 5.16 Å². The third kappa shape index (κ3) is 4.45. The third-order valence-corrected chi connectivity index (χ3v) is 6.71. The summed E-state index contributed by atoms with van der Waals surface area (Å²) >= 11 is 8.83. The summed E-state index contributed by atoms with van der Waals surface area (Å²) in [6.07, 6.45) is 0. The first-order valence-electron chi connectivity index (χ1n) is 9.41. The van der Waals surface area contributed by atoms with Crippen molar-refractivity contribution in [2.75, 3.05) is 25.3 Å². The molecule has 0 bridgehead atoms. The normalized spacial score (nSPS) is 10.8. The van der Waals surface area contributed by atoms with Gasteiger partial charge in [0, 0.05) is 6.07 Å². The SMILES string of the molecule is COc1ccc(NC(=O)CSc2nc3ccsc3c(=O)n2-c2ccccc2Cl)c(OC)c1. The molecule has 0 aliphatic heterocycles. The molecule has 0 spiro atoms. The first-order chi connectivity index (χ1) is 15.5. The number of carbonyl (C=O) groups excluding carboxylic acids is 1. The number of para-hydroxylation sites is 1. The fraction of sp³-hybridized carbons (Fsp3) is 0.136. The van der Waals surface area contributed by atoms with E-state index in [1.165, 1.54) is 23.0 Å². The number of aromatic nitrogens is 2. The van der Waals surface area contributed by atoms with Gasteiger partial charge in [0.1, 0.15) is 16.2 Å². The van der Waals surface area contributed by atoms with Crippen LogP contribution in [-0.2, 0) is 4.79 Å². The highest BCUT2D eigenvalue weighted by Crippen LogP contribution is 2.30. The maximum Gasteiger partial charge on any atom is 0.276 e. The van der Waals surface area contributed by atoms with E-state index in [2.05, 4.69) is 10.3 Å². The fourth-order valence-electron chi connectivity index (χ4n) is 3.05. The van der Waals surface area contributed by atoms with Crippen LogP contribution in [0, 0.1) is 0 Å². The minimum absolute atomic E-state index is 0.0295. The summed E-state index contributed by atoms with van der Waals surface area (Å²) in [7, 11) is 3.07. The number of amides is 1. The van der Waals surface area contributed by atoms with E-state index >= 15 is 0 Å². The summed E-state index contributed by atoms with van der Waals surface area (Å²) in [5.74, 6) is 0.852. The molecule has 10 heteroatoms. The summed E-state index contributed by atoms with van der Waals surface area (Å²) in [4.78, 5) is 30.4. The highest BCUT2D eigenvalue weighted by Gasteiger charge is 2.18. The van der Waals surface area contributed by atoms with Crippen LogP contribution in [0.4, 0.5) is 5.69 Å². The Bertz CT molecular complexity index is 1350. The minimum atomic E-state index is -0.274. The maximum atomic E-state index is 13.2. The number of fused-ring (bicyclic) bond motifs is 1. The van der Waals surface area contributed by atoms with Crippen LogP contribution < -0.4 is 20.3 Å². The van der Waals surface area contributed by atoms with Crippen LogP contribution in [0.5, 0.6) is 11.5 Å². The Morgan fingerprint density at radius 3 is 2.75 bits per heavy atom. The van der Waals surface area contributed by atoms with Crippen LogP contribution >= 0.6 is 34.7 Å². The van der Waals surface area contributed by atoms with E-state index in [4.69, 9.17) is 21.1 Å². The van der Waals surface area contributed by atoms with Crippen LogP contribution in [0.2, 0.25) is 5.02 Å². The van der Waals surface area contributed by atoms with Crippen LogP contribution in [0.15, 0.2) is 63.9 Å². The number of benzene rings is 2. The van der Waals surface area contributed by atoms with Gasteiger partial charge in [0.05, 0.1) is 41.9 Å². The second-order valence-electron chi connectivity index (χ2n) is 6.52. The fourth-order valence-corrected chi connectivity index (χ4v) is 4.84. The summed E-state index contributed by atoms with van der Waals surface area (Å²) in [5.41, 5.74) is 1.39. The van der Waals surface area contributed by atoms with Gasteiger partial charge in [0.2, 0.25) is 5.91 Å². The summed E-state index contributed by atoms with van der Waals surface area (Å²) in [6, 6.07) is 13.9. The largest absolute Gasteiger partial charge is 0.497 e. The smallest absolute Gasteiger partial charge is 0.276 e. The Balaban J connectivity index is 1.62. The van der Waals surface area contributed by atoms with Crippen molar-refractivity contribution in [1.82, 2.24) is 9.55 Å². The molecule has 4 aromatic rings. The monoisotopic (exact) mass is 487 g/mol. The van der Waals surface area contributed by atoms with Crippen LogP contribution in [-0.4, -0.2) is 35.4 Å². The molecule has 1 N–H and O–H groups in total. The highest BCUT2D eigenvalue weighted by molar-refractivity contribution is 7.99. The average molecular weight is 488 g/mol. The van der Waals surface area contributed by atoms with E-state index in [-0.39, 0.29) is 17.2 Å². The predicted molar refractivity (Wildman–Crippen MR) is 129 cm³/mol. The molecule has 32 heavy (non-hydrogen) atoms. The van der Waals surface area contributed by atoms with E-state index in [0.29, 0.717) is 43.3 Å². The van der Waals surface area contributed by atoms with Crippen molar-refractivity contribution in [1.29, 1.82) is 0 Å². The maximum absolute atomic E-state index is 13.2. The van der Waals surface area contributed by atoms with Crippen molar-refractivity contribution in [3.8, 4) is 17.2 Å². The van der Waals surface area contributed by atoms with Crippen molar-refractivity contribution in [3.05, 3.63) is 69.3 Å². The van der Waals surface area contributed by atoms with Crippen molar-refractivity contribution >= 4 is 56.5 Å². The number of thiophene rings is 1. The van der Waals surface area contributed by atoms with Gasteiger partial charge in [-0.25, -0.2) is 4.98 Å². The summed E-state index contributed by atoms with van der Waals surface area (Å²) < 4.78 is 12.5. The average Bonchev–Trinajstić information content (AvgIpc) is 3.28. The number of carbonyl (C=O) groups is 1. The standard InChI is InChI=1S/C22H18ClN3O4S2/c1-29-13-7-8-15(18(11-13)30-2)24-19(27)12-32-22-25-16-9-10-31-20(16)21(28)26(22)17-6-4-3-5-14(17)23/h3-11H,12H2,1-2H3,(H,24,27). The van der Waals surface area contributed by atoms with Gasteiger partial charge in [0.25, 0.3) is 5.56 Å². The number of halogens is 1. The molecule has 7 nitrogen and oxygen atoms in total. The van der Waals surface area contributed by atoms with Gasteiger partial charge in [-0.3, -0.25) is 14.2 Å². The highest BCUT2D eigenvalue weighted by atomic mass is 35.5. The molecule has 1 amide bonds. The number of hydrogen-bond donors (Lipinski definition) is 1. The van der Waals surface area contributed by atoms with Crippen molar-refractivity contribution in [3.63, 3.8) is 0 Å². The number of anilines is 1. The van der Waals surface area contributed by atoms with E-state index in [1.807, 2.05) is 5.38 Å². The number of nitrogens with zero attached hydrogens (tertiary/aromatic N) is 2. The molecule has 0 unspecified atom stereocenters. The van der Waals surface area contributed by atoms with Gasteiger partial charge in [0.15, 0.2) is 5.16 Å². The Morgan fingerprint density at radius 1 is 1.19 bits per heavy atom. The number of rotatable bonds is 7. The molecule has 0 saturated heterocycles. The van der Waals surface area contributed by atoms with E-state index in [1.54, 1.807) is 55.6 Å². The lowest BCUT2D eigenvalue weighted by molar-refractivity contribution is -0.113. The Kier molecular flexibility index (Phi) is 6.69. The Hall–Kier alpha value is -3.01. The molecule has 0 aliphatic carbocycles. The first-order valence-corrected chi connectivity index (χ1v) is 11.7. The molecule has 0 aliphatic rings. The van der Waals surface area contributed by atoms with Crippen LogP contribution in [0.1, 0.15) is 0 Å². The summed E-state index contributed by atoms with van der Waals surface area (Å²) in [5, 5.41) is 5.43. The third-order valence-electron chi connectivity index (χ3n) is 4.56. The molecule has 2 aromatic carbocycles. The van der Waals surface area contributed by atoms with Crippen molar-refractivity contribution in [2.24, 2.45) is 0 Å². The minimum Gasteiger partial charge on any atom is -0.497 e. The lowest BCUT2D eigenvalue weighted by Crippen LogP contribution is -2.22. The number of hydrogen-bond acceptors (Lipinski definition) is 7. The van der Waals surface area contributed by atoms with E-state index < -0.39 is 0 Å². The summed E-state index contributed by atoms with van der Waals surface area (Å²) in [6.45, 7) is 0. The Morgan fingerprint density at radius 2 is 2.00 bits per heavy atom. The Labute approximate surface area is 197 Å². The van der Waals surface area contributed by atoms with Gasteiger partial charge in [-0.15, -0.1) is 11.3 Å². The molecule has 164 valence electrons. The molecule has 2 heterocycles. The zero-order valence-electron chi connectivity index (χ0n) is 17.1. The molecular formula is C22H18ClN3O4S2. The van der Waals surface area contributed by atoms with Gasteiger partial charge in [-0.1, -0.05) is 35.5 Å². The van der Waals surface area contributed by atoms with E-state index in [9.17, 15) is 9.59 Å².